The summed E-state index contributed by atoms with van der Waals surface area (Å²) in [5.41, 5.74) is 15.3. The monoisotopic (exact) mass is 591 g/mol. The Morgan fingerprint density at radius 3 is 2.07 bits per heavy atom. The molecule has 7 rings (SSSR count). The van der Waals surface area contributed by atoms with Crippen LogP contribution in [0.5, 0.6) is 0 Å². The Balaban J connectivity index is 0.000000304. The fraction of sp³-hybridized carbons (Fsp3) is 0.143. The van der Waals surface area contributed by atoms with Gasteiger partial charge in [-0.1, -0.05) is 118 Å². The van der Waals surface area contributed by atoms with Crippen molar-refractivity contribution in [1.82, 2.24) is 4.98 Å². The van der Waals surface area contributed by atoms with Crippen LogP contribution in [0.2, 0.25) is 0 Å². The predicted molar refractivity (Wildman–Crippen MR) is 199 cm³/mol. The summed E-state index contributed by atoms with van der Waals surface area (Å²) >= 11 is 4.21. The minimum atomic E-state index is 0.979. The summed E-state index contributed by atoms with van der Waals surface area (Å²) in [6, 6.07) is 35.6. The van der Waals surface area contributed by atoms with Crippen LogP contribution in [-0.2, 0) is 0 Å². The molecule has 0 fully saturated rings. The van der Waals surface area contributed by atoms with Crippen molar-refractivity contribution in [1.29, 1.82) is 0 Å². The SMILES string of the molecule is C=C/C(C)=C(S)\C=C/C.CC.Cc1ccccc1-c1cc(-c2ccc3[nH]c4c(c3c2)-c2cccc3cccc-4c23)ccc1C. The first kappa shape index (κ1) is 30.9. The van der Waals surface area contributed by atoms with Gasteiger partial charge in [0.2, 0.25) is 0 Å². The number of aromatic nitrogens is 1. The number of aromatic amines is 1. The van der Waals surface area contributed by atoms with E-state index in [0.29, 0.717) is 0 Å². The average Bonchev–Trinajstić information content (AvgIpc) is 3.59. The topological polar surface area (TPSA) is 15.8 Å². The van der Waals surface area contributed by atoms with E-state index in [2.05, 4.69) is 135 Å². The Bertz CT molecular complexity index is 2050. The number of fused-ring (bicyclic) bond motifs is 5. The molecule has 220 valence electrons. The van der Waals surface area contributed by atoms with Crippen molar-refractivity contribution in [3.8, 4) is 44.6 Å². The fourth-order valence-corrected chi connectivity index (χ4v) is 6.21. The van der Waals surface area contributed by atoms with Gasteiger partial charge in [-0.15, -0.1) is 12.6 Å². The number of hydrogen-bond donors (Lipinski definition) is 2. The molecule has 1 aromatic heterocycles. The van der Waals surface area contributed by atoms with E-state index in [1.54, 1.807) is 6.08 Å². The van der Waals surface area contributed by atoms with E-state index in [0.717, 1.165) is 10.5 Å². The molecular weight excluding hydrogens is 551 g/mol. The van der Waals surface area contributed by atoms with Crippen molar-refractivity contribution in [3.05, 3.63) is 143 Å². The molecule has 0 amide bonds. The first-order valence-electron chi connectivity index (χ1n) is 15.4. The van der Waals surface area contributed by atoms with Crippen LogP contribution in [-0.4, -0.2) is 4.98 Å². The largest absolute Gasteiger partial charge is 0.354 e. The molecule has 0 saturated heterocycles. The van der Waals surface area contributed by atoms with Crippen LogP contribution in [0.3, 0.4) is 0 Å². The van der Waals surface area contributed by atoms with E-state index >= 15 is 0 Å². The maximum Gasteiger partial charge on any atom is 0.0551 e. The smallest absolute Gasteiger partial charge is 0.0551 e. The van der Waals surface area contributed by atoms with Crippen LogP contribution < -0.4 is 0 Å². The highest BCUT2D eigenvalue weighted by Crippen LogP contribution is 2.50. The standard InChI is InChI=1S/C32H23N.C8H12S.C2H6/c1-19-7-3-4-10-24(19)27-17-22(14-13-20(27)2)23-15-16-29-28(18-23)31-25-11-5-8-21-9-6-12-26(30(21)25)32(31)33-29;1-4-6-8(9)7(3)5-2;1-2/h3-18,33H,1-2H3;4-6,9H,2H2,1,3H3;1-2H3/b;6-4-,8-7+;. The van der Waals surface area contributed by atoms with Crippen LogP contribution in [0.1, 0.15) is 38.8 Å². The van der Waals surface area contributed by atoms with Crippen molar-refractivity contribution in [2.24, 2.45) is 0 Å². The second-order valence-electron chi connectivity index (χ2n) is 11.0. The molecule has 1 N–H and O–H groups in total. The number of thiol groups is 1. The van der Waals surface area contributed by atoms with E-state index in [1.165, 1.54) is 77.4 Å². The molecule has 0 unspecified atom stereocenters. The minimum Gasteiger partial charge on any atom is -0.354 e. The van der Waals surface area contributed by atoms with Crippen molar-refractivity contribution in [2.75, 3.05) is 0 Å². The van der Waals surface area contributed by atoms with Crippen LogP contribution in [0.4, 0.5) is 0 Å². The van der Waals surface area contributed by atoms with Crippen LogP contribution in [0, 0.1) is 13.8 Å². The average molecular weight is 592 g/mol. The van der Waals surface area contributed by atoms with Crippen molar-refractivity contribution in [3.63, 3.8) is 0 Å². The molecule has 1 aliphatic rings. The molecular formula is C42H41NS. The second kappa shape index (κ2) is 13.4. The quantitative estimate of drug-likeness (QED) is 0.150. The number of aryl methyl sites for hydroxylation is 2. The fourth-order valence-electron chi connectivity index (χ4n) is 5.97. The van der Waals surface area contributed by atoms with Gasteiger partial charge in [0.15, 0.2) is 0 Å². The highest BCUT2D eigenvalue weighted by Gasteiger charge is 2.25. The van der Waals surface area contributed by atoms with Crippen molar-refractivity contribution >= 4 is 34.3 Å². The summed E-state index contributed by atoms with van der Waals surface area (Å²) in [4.78, 5) is 4.69. The number of H-pyrrole nitrogens is 1. The first-order valence-corrected chi connectivity index (χ1v) is 15.9. The van der Waals surface area contributed by atoms with Gasteiger partial charge in [-0.25, -0.2) is 0 Å². The van der Waals surface area contributed by atoms with Gasteiger partial charge >= 0.3 is 0 Å². The lowest BCUT2D eigenvalue weighted by Gasteiger charge is -2.12. The predicted octanol–water partition coefficient (Wildman–Crippen LogP) is 12.9. The molecule has 5 aromatic carbocycles. The van der Waals surface area contributed by atoms with Gasteiger partial charge in [0, 0.05) is 26.9 Å². The molecule has 1 aliphatic carbocycles. The molecule has 0 bridgehead atoms. The van der Waals surface area contributed by atoms with Gasteiger partial charge in [0.25, 0.3) is 0 Å². The Kier molecular flexibility index (Phi) is 9.42. The zero-order chi connectivity index (χ0) is 31.4. The van der Waals surface area contributed by atoms with Crippen LogP contribution >= 0.6 is 12.6 Å². The molecule has 1 heterocycles. The highest BCUT2D eigenvalue weighted by molar-refractivity contribution is 7.84. The molecule has 44 heavy (non-hydrogen) atoms. The van der Waals surface area contributed by atoms with Crippen LogP contribution in [0.15, 0.2) is 132 Å². The van der Waals surface area contributed by atoms with Crippen molar-refractivity contribution < 1.29 is 0 Å². The van der Waals surface area contributed by atoms with Crippen LogP contribution in [0.25, 0.3) is 66.3 Å². The number of benzene rings is 5. The number of rotatable bonds is 4. The maximum absolute atomic E-state index is 4.21. The van der Waals surface area contributed by atoms with E-state index in [9.17, 15) is 0 Å². The maximum atomic E-state index is 4.21. The summed E-state index contributed by atoms with van der Waals surface area (Å²) in [6.07, 6.45) is 5.69. The lowest BCUT2D eigenvalue weighted by molar-refractivity contribution is 1.41. The third kappa shape index (κ3) is 5.70. The molecule has 0 saturated carbocycles. The number of allylic oxidation sites excluding steroid dienone is 4. The molecule has 0 atom stereocenters. The Morgan fingerprint density at radius 2 is 1.36 bits per heavy atom. The van der Waals surface area contributed by atoms with Gasteiger partial charge < -0.3 is 4.98 Å². The third-order valence-corrected chi connectivity index (χ3v) is 8.78. The summed E-state index contributed by atoms with van der Waals surface area (Å²) in [7, 11) is 0. The lowest BCUT2D eigenvalue weighted by atomic mass is 9.92. The summed E-state index contributed by atoms with van der Waals surface area (Å²) < 4.78 is 0. The Labute approximate surface area is 268 Å². The zero-order valence-corrected chi connectivity index (χ0v) is 27.5. The summed E-state index contributed by atoms with van der Waals surface area (Å²) in [5, 5.41) is 3.97. The van der Waals surface area contributed by atoms with E-state index in [-0.39, 0.29) is 0 Å². The summed E-state index contributed by atoms with van der Waals surface area (Å²) in [6.45, 7) is 16.0. The van der Waals surface area contributed by atoms with E-state index in [4.69, 9.17) is 0 Å². The number of nitrogens with one attached hydrogen (secondary N) is 1. The van der Waals surface area contributed by atoms with Gasteiger partial charge in [0.1, 0.15) is 0 Å². The molecule has 2 heteroatoms. The highest BCUT2D eigenvalue weighted by atomic mass is 32.1. The van der Waals surface area contributed by atoms with E-state index in [1.807, 2.05) is 39.8 Å². The Hall–Kier alpha value is -4.53. The van der Waals surface area contributed by atoms with E-state index < -0.39 is 0 Å². The number of hydrogen-bond acceptors (Lipinski definition) is 1. The van der Waals surface area contributed by atoms with Gasteiger partial charge in [-0.3, -0.25) is 0 Å². The van der Waals surface area contributed by atoms with Crippen molar-refractivity contribution in [2.45, 2.75) is 41.5 Å². The molecule has 6 aromatic rings. The Morgan fingerprint density at radius 1 is 0.727 bits per heavy atom. The molecule has 0 radical (unpaired) electrons. The molecule has 0 spiro atoms. The van der Waals surface area contributed by atoms with Gasteiger partial charge in [0.05, 0.1) is 5.69 Å². The third-order valence-electron chi connectivity index (χ3n) is 8.28. The summed E-state index contributed by atoms with van der Waals surface area (Å²) in [5.74, 6) is 0. The molecule has 0 aliphatic heterocycles. The second-order valence-corrected chi connectivity index (χ2v) is 11.4. The normalized spacial score (nSPS) is 11.9. The molecule has 1 nitrogen and oxygen atoms in total. The minimum absolute atomic E-state index is 0.979. The first-order chi connectivity index (χ1) is 21.4. The van der Waals surface area contributed by atoms with Gasteiger partial charge in [-0.05, 0) is 101 Å². The zero-order valence-electron chi connectivity index (χ0n) is 26.6. The lowest BCUT2D eigenvalue weighted by Crippen LogP contribution is -1.88. The van der Waals surface area contributed by atoms with Gasteiger partial charge in [-0.2, -0.15) is 0 Å².